The Bertz CT molecular complexity index is 1930. The van der Waals surface area contributed by atoms with Crippen LogP contribution in [0, 0.1) is 6.92 Å². The number of aromatic nitrogens is 1. The highest BCUT2D eigenvalue weighted by Crippen LogP contribution is 2.52. The third kappa shape index (κ3) is 5.07. The maximum atomic E-state index is 14.9. The van der Waals surface area contributed by atoms with Gasteiger partial charge in [-0.25, -0.2) is 13.2 Å². The summed E-state index contributed by atoms with van der Waals surface area (Å²) >= 11 is 7.73. The quantitative estimate of drug-likeness (QED) is 0.288. The third-order valence-corrected chi connectivity index (χ3v) is 12.4. The number of piperazine rings is 1. The first-order valence-electron chi connectivity index (χ1n) is 15.3. The van der Waals surface area contributed by atoms with Gasteiger partial charge in [0.2, 0.25) is 0 Å². The summed E-state index contributed by atoms with van der Waals surface area (Å²) < 4.78 is 36.1. The average Bonchev–Trinajstić information content (AvgIpc) is 3.59. The van der Waals surface area contributed by atoms with Crippen LogP contribution in [0.1, 0.15) is 28.8 Å². The Balaban J connectivity index is 1.27. The number of aryl methyl sites for hydroxylation is 1. The van der Waals surface area contributed by atoms with Crippen molar-refractivity contribution < 1.29 is 22.7 Å². The summed E-state index contributed by atoms with van der Waals surface area (Å²) in [5.41, 5.74) is -0.852. The van der Waals surface area contributed by atoms with Gasteiger partial charge < -0.3 is 14.5 Å². The molecule has 3 aliphatic heterocycles. The SMILES string of the molecule is Cc1ccsc1C1(OC(=O)N2CCC(N3CCN(C)CC3)CC2)C(=O)N(S(=O)(=O)c2cccc3cccnc23)c2ccc(Cl)cc21. The fraction of sp³-hybridized carbons (Fsp3) is 0.364. The van der Waals surface area contributed by atoms with E-state index < -0.39 is 27.6 Å². The molecule has 2 aromatic carbocycles. The van der Waals surface area contributed by atoms with Gasteiger partial charge in [0.25, 0.3) is 21.5 Å². The number of likely N-dealkylation sites (tertiary alicyclic amines) is 1. The number of para-hydroxylation sites is 1. The number of ether oxygens (including phenoxy) is 1. The van der Waals surface area contributed by atoms with Gasteiger partial charge in [0, 0.05) is 67.5 Å². The molecule has 2 saturated heterocycles. The molecule has 3 aliphatic rings. The van der Waals surface area contributed by atoms with Gasteiger partial charge in [-0.1, -0.05) is 29.8 Å². The molecule has 1 unspecified atom stereocenters. The zero-order valence-corrected chi connectivity index (χ0v) is 27.9. The van der Waals surface area contributed by atoms with Gasteiger partial charge in [-0.3, -0.25) is 14.7 Å². The summed E-state index contributed by atoms with van der Waals surface area (Å²) in [6, 6.07) is 15.0. The summed E-state index contributed by atoms with van der Waals surface area (Å²) in [5, 5.41) is 2.68. The van der Waals surface area contributed by atoms with Crippen molar-refractivity contribution in [2.45, 2.75) is 36.3 Å². The normalized spacial score (nSPS) is 21.6. The number of fused-ring (bicyclic) bond motifs is 2. The summed E-state index contributed by atoms with van der Waals surface area (Å²) in [7, 11) is -2.40. The number of piperidine rings is 1. The van der Waals surface area contributed by atoms with E-state index in [4.69, 9.17) is 16.3 Å². The number of sulfonamides is 1. The molecule has 13 heteroatoms. The first-order valence-corrected chi connectivity index (χ1v) is 18.0. The predicted octanol–water partition coefficient (Wildman–Crippen LogP) is 5.09. The number of halogens is 1. The van der Waals surface area contributed by atoms with Gasteiger partial charge in [0.05, 0.1) is 16.1 Å². The molecule has 0 spiro atoms. The molecule has 10 nitrogen and oxygen atoms in total. The Labute approximate surface area is 277 Å². The second-order valence-electron chi connectivity index (χ2n) is 12.1. The van der Waals surface area contributed by atoms with Crippen LogP contribution < -0.4 is 4.31 Å². The summed E-state index contributed by atoms with van der Waals surface area (Å²) in [6.07, 6.45) is 2.41. The molecule has 7 rings (SSSR count). The number of hydrogen-bond acceptors (Lipinski definition) is 9. The molecular weight excluding hydrogens is 646 g/mol. The van der Waals surface area contributed by atoms with Gasteiger partial charge >= 0.3 is 6.09 Å². The zero-order valence-electron chi connectivity index (χ0n) is 25.6. The van der Waals surface area contributed by atoms with Crippen molar-refractivity contribution in [1.82, 2.24) is 19.7 Å². The van der Waals surface area contributed by atoms with Crippen LogP contribution in [0.4, 0.5) is 10.5 Å². The number of carbonyl (C=O) groups excluding carboxylic acids is 2. The minimum atomic E-state index is -4.53. The molecule has 46 heavy (non-hydrogen) atoms. The molecule has 0 radical (unpaired) electrons. The number of amides is 2. The van der Waals surface area contributed by atoms with Crippen LogP contribution in [-0.2, 0) is 25.2 Å². The molecule has 2 aromatic heterocycles. The van der Waals surface area contributed by atoms with Crippen molar-refractivity contribution in [3.8, 4) is 0 Å². The highest BCUT2D eigenvalue weighted by atomic mass is 35.5. The van der Waals surface area contributed by atoms with Gasteiger partial charge in [-0.15, -0.1) is 11.3 Å². The Morgan fingerprint density at radius 3 is 2.48 bits per heavy atom. The van der Waals surface area contributed by atoms with Crippen molar-refractivity contribution in [2.75, 3.05) is 50.6 Å². The van der Waals surface area contributed by atoms with Crippen LogP contribution in [0.5, 0.6) is 0 Å². The number of pyridine rings is 1. The number of thiophene rings is 1. The lowest BCUT2D eigenvalue weighted by Crippen LogP contribution is -2.54. The number of benzene rings is 2. The second kappa shape index (κ2) is 11.9. The molecule has 5 heterocycles. The Morgan fingerprint density at radius 1 is 1.02 bits per heavy atom. The number of anilines is 1. The number of rotatable bonds is 5. The number of likely N-dealkylation sites (N-methyl/N-ethyl adjacent to an activating group) is 1. The van der Waals surface area contributed by atoms with Crippen LogP contribution in [0.25, 0.3) is 10.9 Å². The summed E-state index contributed by atoms with van der Waals surface area (Å²) in [5.74, 6) is -0.899. The number of hydrogen-bond donors (Lipinski definition) is 0. The van der Waals surface area contributed by atoms with Crippen LogP contribution in [0.3, 0.4) is 0 Å². The molecule has 1 atom stereocenters. The molecule has 240 valence electrons. The van der Waals surface area contributed by atoms with E-state index in [0.717, 1.165) is 43.3 Å². The second-order valence-corrected chi connectivity index (χ2v) is 15.2. The van der Waals surface area contributed by atoms with Crippen LogP contribution >= 0.6 is 22.9 Å². The lowest BCUT2D eigenvalue weighted by atomic mass is 9.91. The van der Waals surface area contributed by atoms with Crippen molar-refractivity contribution >= 4 is 61.6 Å². The lowest BCUT2D eigenvalue weighted by molar-refractivity contribution is -0.132. The molecule has 0 saturated carbocycles. The van der Waals surface area contributed by atoms with Gasteiger partial charge in [0.15, 0.2) is 0 Å². The van der Waals surface area contributed by atoms with Crippen molar-refractivity contribution in [1.29, 1.82) is 0 Å². The topological polar surface area (TPSA) is 103 Å². The van der Waals surface area contributed by atoms with E-state index in [1.54, 1.807) is 34.5 Å². The monoisotopic (exact) mass is 679 g/mol. The van der Waals surface area contributed by atoms with Crippen molar-refractivity contribution in [3.63, 3.8) is 0 Å². The van der Waals surface area contributed by atoms with Crippen molar-refractivity contribution in [3.05, 3.63) is 87.2 Å². The average molecular weight is 680 g/mol. The number of carbonyl (C=O) groups is 2. The minimum absolute atomic E-state index is 0.0803. The maximum absolute atomic E-state index is 14.9. The fourth-order valence-corrected chi connectivity index (χ4v) is 9.72. The zero-order chi connectivity index (χ0) is 32.2. The van der Waals surface area contributed by atoms with Gasteiger partial charge in [0.1, 0.15) is 4.90 Å². The van der Waals surface area contributed by atoms with E-state index in [1.165, 1.54) is 41.8 Å². The van der Waals surface area contributed by atoms with E-state index in [0.29, 0.717) is 35.0 Å². The smallest absolute Gasteiger partial charge is 0.411 e. The molecule has 2 amide bonds. The highest BCUT2D eigenvalue weighted by Gasteiger charge is 2.61. The van der Waals surface area contributed by atoms with E-state index in [2.05, 4.69) is 21.8 Å². The minimum Gasteiger partial charge on any atom is -0.422 e. The van der Waals surface area contributed by atoms with Crippen molar-refractivity contribution in [2.24, 2.45) is 0 Å². The molecule has 0 N–H and O–H groups in total. The van der Waals surface area contributed by atoms with E-state index in [1.807, 2.05) is 13.0 Å². The molecular formula is C33H34ClN5O5S2. The lowest BCUT2D eigenvalue weighted by Gasteiger charge is -2.42. The Morgan fingerprint density at radius 2 is 1.76 bits per heavy atom. The van der Waals surface area contributed by atoms with E-state index in [9.17, 15) is 18.0 Å². The van der Waals surface area contributed by atoms with Crippen LogP contribution in [0.2, 0.25) is 5.02 Å². The standard InChI is InChI=1S/C33H34ClN5O5S2/c1-22-12-20-45-30(22)33(44-32(41)38-14-10-25(11-15-38)37-18-16-36(2)17-19-37)26-21-24(34)8-9-27(26)39(31(33)40)46(42,43)28-7-3-5-23-6-4-13-35-29(23)28/h3-9,12-13,20-21,25H,10-11,14-19H2,1-2H3. The Kier molecular flexibility index (Phi) is 8.05. The predicted molar refractivity (Wildman–Crippen MR) is 178 cm³/mol. The van der Waals surface area contributed by atoms with E-state index in [-0.39, 0.29) is 26.7 Å². The van der Waals surface area contributed by atoms with Crippen LogP contribution in [0.15, 0.2) is 71.1 Å². The number of nitrogens with zero attached hydrogens (tertiary/aromatic N) is 5. The Hall–Kier alpha value is -3.55. The first kappa shape index (κ1) is 31.1. The fourth-order valence-electron chi connectivity index (χ4n) is 6.85. The molecule has 0 bridgehead atoms. The molecule has 2 fully saturated rings. The first-order chi connectivity index (χ1) is 22.1. The molecule has 0 aliphatic carbocycles. The van der Waals surface area contributed by atoms with E-state index >= 15 is 0 Å². The van der Waals surface area contributed by atoms with Gasteiger partial charge in [-0.2, -0.15) is 4.31 Å². The molecule has 4 aromatic rings. The van der Waals surface area contributed by atoms with Gasteiger partial charge in [-0.05, 0) is 74.2 Å². The largest absolute Gasteiger partial charge is 0.422 e. The highest BCUT2D eigenvalue weighted by molar-refractivity contribution is 7.93. The van der Waals surface area contributed by atoms with Crippen LogP contribution in [-0.4, -0.2) is 92.5 Å². The summed E-state index contributed by atoms with van der Waals surface area (Å²) in [4.78, 5) is 40.0. The maximum Gasteiger partial charge on any atom is 0.411 e. The summed E-state index contributed by atoms with van der Waals surface area (Å²) in [6.45, 7) is 6.77. The third-order valence-electron chi connectivity index (χ3n) is 9.36.